The summed E-state index contributed by atoms with van der Waals surface area (Å²) in [6, 6.07) is 0. The summed E-state index contributed by atoms with van der Waals surface area (Å²) in [6.07, 6.45) is 22.2. The van der Waals surface area contributed by atoms with Crippen LogP contribution in [0.1, 0.15) is 104 Å². The molecule has 0 rings (SSSR count). The van der Waals surface area contributed by atoms with Crippen molar-refractivity contribution < 1.29 is 0 Å². The second-order valence-corrected chi connectivity index (χ2v) is 6.97. The first-order valence-electron chi connectivity index (χ1n) is 9.00. The van der Waals surface area contributed by atoms with Crippen LogP contribution in [0.2, 0.25) is 0 Å². The van der Waals surface area contributed by atoms with Crippen molar-refractivity contribution in [2.24, 2.45) is 5.73 Å². The van der Waals surface area contributed by atoms with E-state index in [0.717, 1.165) is 6.42 Å². The minimum absolute atomic E-state index is 0.0297. The minimum Gasteiger partial charge on any atom is -0.326 e. The van der Waals surface area contributed by atoms with Gasteiger partial charge < -0.3 is 5.73 Å². The van der Waals surface area contributed by atoms with Crippen molar-refractivity contribution in [1.82, 2.24) is 0 Å². The number of unbranched alkanes of at least 4 members (excludes halogenated alkanes) is 10. The molecule has 0 bridgehead atoms. The molecule has 0 saturated heterocycles. The molecule has 0 fully saturated rings. The molecule has 2 N–H and O–H groups in total. The van der Waals surface area contributed by atoms with Gasteiger partial charge in [-0.15, -0.1) is 0 Å². The lowest BCUT2D eigenvalue weighted by molar-refractivity contribution is 0.441. The molecule has 0 spiro atoms. The lowest BCUT2D eigenvalue weighted by Gasteiger charge is -2.17. The molecule has 0 amide bonds. The molecular weight excluding hydrogens is 242 g/mol. The Morgan fingerprint density at radius 1 is 0.700 bits per heavy atom. The summed E-state index contributed by atoms with van der Waals surface area (Å²) < 4.78 is 0. The SMILES string of the molecule is CCCCCCC=CCCCCCCCCC(C)(C)N. The third kappa shape index (κ3) is 17.7. The van der Waals surface area contributed by atoms with E-state index in [-0.39, 0.29) is 5.54 Å². The molecule has 0 aliphatic rings. The second kappa shape index (κ2) is 13.7. The monoisotopic (exact) mass is 281 g/mol. The Balaban J connectivity index is 3.11. The second-order valence-electron chi connectivity index (χ2n) is 6.97. The van der Waals surface area contributed by atoms with E-state index in [1.165, 1.54) is 77.0 Å². The molecule has 0 saturated carbocycles. The molecule has 0 heterocycles. The van der Waals surface area contributed by atoms with E-state index in [0.29, 0.717) is 0 Å². The molecular formula is C19H39N. The molecule has 0 atom stereocenters. The fourth-order valence-electron chi connectivity index (χ4n) is 2.47. The molecule has 0 aromatic heterocycles. The highest BCUT2D eigenvalue weighted by Gasteiger charge is 2.08. The zero-order chi connectivity index (χ0) is 15.1. The standard InChI is InChI=1S/C19H39N/c1-4-5-6-7-8-9-10-11-12-13-14-15-16-17-18-19(2,3)20/h9-10H,4-8,11-18,20H2,1-3H3. The fourth-order valence-corrected chi connectivity index (χ4v) is 2.47. The van der Waals surface area contributed by atoms with Gasteiger partial charge in [0.15, 0.2) is 0 Å². The van der Waals surface area contributed by atoms with Crippen LogP contribution in [0.5, 0.6) is 0 Å². The van der Waals surface area contributed by atoms with Crippen molar-refractivity contribution >= 4 is 0 Å². The van der Waals surface area contributed by atoms with Crippen molar-refractivity contribution in [3.8, 4) is 0 Å². The van der Waals surface area contributed by atoms with Crippen molar-refractivity contribution in [2.45, 2.75) is 110 Å². The van der Waals surface area contributed by atoms with Crippen LogP contribution in [0.15, 0.2) is 12.2 Å². The average Bonchev–Trinajstić information content (AvgIpc) is 2.38. The Kier molecular flexibility index (Phi) is 13.5. The van der Waals surface area contributed by atoms with E-state index in [1.807, 2.05) is 0 Å². The first kappa shape index (κ1) is 19.7. The van der Waals surface area contributed by atoms with E-state index in [2.05, 4.69) is 32.9 Å². The summed E-state index contributed by atoms with van der Waals surface area (Å²) in [5.41, 5.74) is 6.00. The van der Waals surface area contributed by atoms with Gasteiger partial charge in [0.25, 0.3) is 0 Å². The zero-order valence-electron chi connectivity index (χ0n) is 14.4. The first-order valence-corrected chi connectivity index (χ1v) is 9.00. The van der Waals surface area contributed by atoms with Crippen LogP contribution in [0.25, 0.3) is 0 Å². The van der Waals surface area contributed by atoms with Gasteiger partial charge in [-0.2, -0.15) is 0 Å². The summed E-state index contributed by atoms with van der Waals surface area (Å²) in [7, 11) is 0. The van der Waals surface area contributed by atoms with Crippen molar-refractivity contribution in [1.29, 1.82) is 0 Å². The van der Waals surface area contributed by atoms with Crippen LogP contribution in [-0.2, 0) is 0 Å². The molecule has 1 nitrogen and oxygen atoms in total. The molecule has 0 unspecified atom stereocenters. The molecule has 120 valence electrons. The van der Waals surface area contributed by atoms with Gasteiger partial charge in [0.05, 0.1) is 0 Å². The molecule has 0 aliphatic carbocycles. The van der Waals surface area contributed by atoms with Gasteiger partial charge in [-0.05, 0) is 46.0 Å². The highest BCUT2D eigenvalue weighted by Crippen LogP contribution is 2.13. The van der Waals surface area contributed by atoms with Crippen molar-refractivity contribution in [3.63, 3.8) is 0 Å². The quantitative estimate of drug-likeness (QED) is 0.290. The van der Waals surface area contributed by atoms with Crippen LogP contribution in [0.4, 0.5) is 0 Å². The fraction of sp³-hybridized carbons (Fsp3) is 0.895. The van der Waals surface area contributed by atoms with Gasteiger partial charge in [0, 0.05) is 5.54 Å². The summed E-state index contributed by atoms with van der Waals surface area (Å²) in [5, 5.41) is 0. The smallest absolute Gasteiger partial charge is 0.00970 e. The van der Waals surface area contributed by atoms with Gasteiger partial charge >= 0.3 is 0 Å². The summed E-state index contributed by atoms with van der Waals surface area (Å²) in [5.74, 6) is 0. The van der Waals surface area contributed by atoms with E-state index >= 15 is 0 Å². The van der Waals surface area contributed by atoms with E-state index in [4.69, 9.17) is 5.73 Å². The van der Waals surface area contributed by atoms with Gasteiger partial charge in [0.2, 0.25) is 0 Å². The van der Waals surface area contributed by atoms with Gasteiger partial charge in [-0.25, -0.2) is 0 Å². The Hall–Kier alpha value is -0.300. The van der Waals surface area contributed by atoms with Crippen molar-refractivity contribution in [2.75, 3.05) is 0 Å². The summed E-state index contributed by atoms with van der Waals surface area (Å²) in [6.45, 7) is 6.52. The molecule has 0 aromatic rings. The van der Waals surface area contributed by atoms with E-state index < -0.39 is 0 Å². The van der Waals surface area contributed by atoms with E-state index in [1.54, 1.807) is 0 Å². The lowest BCUT2D eigenvalue weighted by atomic mass is 9.97. The largest absolute Gasteiger partial charge is 0.326 e. The van der Waals surface area contributed by atoms with Crippen LogP contribution >= 0.6 is 0 Å². The number of hydrogen-bond acceptors (Lipinski definition) is 1. The Bertz CT molecular complexity index is 212. The van der Waals surface area contributed by atoms with Gasteiger partial charge in [0.1, 0.15) is 0 Å². The zero-order valence-corrected chi connectivity index (χ0v) is 14.4. The third-order valence-electron chi connectivity index (χ3n) is 3.83. The van der Waals surface area contributed by atoms with Crippen LogP contribution < -0.4 is 5.73 Å². The molecule has 20 heavy (non-hydrogen) atoms. The predicted molar refractivity (Wildman–Crippen MR) is 93.1 cm³/mol. The molecule has 0 radical (unpaired) electrons. The first-order chi connectivity index (χ1) is 9.56. The Labute approximate surface area is 128 Å². The van der Waals surface area contributed by atoms with Crippen LogP contribution in [0.3, 0.4) is 0 Å². The minimum atomic E-state index is 0.0297. The maximum atomic E-state index is 5.98. The normalized spacial score (nSPS) is 12.4. The highest BCUT2D eigenvalue weighted by molar-refractivity contribution is 4.81. The molecule has 1 heteroatoms. The van der Waals surface area contributed by atoms with Crippen molar-refractivity contribution in [3.05, 3.63) is 12.2 Å². The topological polar surface area (TPSA) is 26.0 Å². The maximum absolute atomic E-state index is 5.98. The lowest BCUT2D eigenvalue weighted by Crippen LogP contribution is -2.31. The number of rotatable bonds is 14. The third-order valence-corrected chi connectivity index (χ3v) is 3.83. The van der Waals surface area contributed by atoms with Gasteiger partial charge in [-0.1, -0.05) is 70.4 Å². The Morgan fingerprint density at radius 3 is 1.65 bits per heavy atom. The number of hydrogen-bond donors (Lipinski definition) is 1. The highest BCUT2D eigenvalue weighted by atomic mass is 14.7. The summed E-state index contributed by atoms with van der Waals surface area (Å²) in [4.78, 5) is 0. The maximum Gasteiger partial charge on any atom is 0.00970 e. The predicted octanol–water partition coefficient (Wildman–Crippen LogP) is 6.37. The average molecular weight is 282 g/mol. The Morgan fingerprint density at radius 2 is 1.15 bits per heavy atom. The van der Waals surface area contributed by atoms with Gasteiger partial charge in [-0.3, -0.25) is 0 Å². The number of allylic oxidation sites excluding steroid dienone is 2. The number of nitrogens with two attached hydrogens (primary N) is 1. The summed E-state index contributed by atoms with van der Waals surface area (Å²) >= 11 is 0. The molecule has 0 aliphatic heterocycles. The molecule has 0 aromatic carbocycles. The van der Waals surface area contributed by atoms with Crippen LogP contribution in [-0.4, -0.2) is 5.54 Å². The van der Waals surface area contributed by atoms with Crippen LogP contribution in [0, 0.1) is 0 Å². The van der Waals surface area contributed by atoms with E-state index in [9.17, 15) is 0 Å².